The zero-order valence-electron chi connectivity index (χ0n) is 13.1. The van der Waals surface area contributed by atoms with Crippen molar-refractivity contribution in [3.8, 4) is 0 Å². The predicted molar refractivity (Wildman–Crippen MR) is 97.5 cm³/mol. The maximum Gasteiger partial charge on any atom is 0.232 e. The van der Waals surface area contributed by atoms with Gasteiger partial charge < -0.3 is 16.4 Å². The summed E-state index contributed by atoms with van der Waals surface area (Å²) in [6.45, 7) is 2.46. The minimum atomic E-state index is 0.174. The molecule has 0 saturated carbocycles. The molecule has 0 aliphatic rings. The van der Waals surface area contributed by atoms with E-state index in [1.165, 1.54) is 5.56 Å². The van der Waals surface area contributed by atoms with Crippen molar-refractivity contribution < 1.29 is 0 Å². The Morgan fingerprint density at radius 2 is 1.58 bits per heavy atom. The Labute approximate surface area is 145 Å². The van der Waals surface area contributed by atoms with E-state index in [0.717, 1.165) is 11.4 Å². The van der Waals surface area contributed by atoms with Gasteiger partial charge in [-0.15, -0.1) is 0 Å². The number of nitrogens with one attached hydrogen (secondary N) is 2. The summed E-state index contributed by atoms with van der Waals surface area (Å²) in [7, 11) is 0. The molecule has 0 spiro atoms. The van der Waals surface area contributed by atoms with Gasteiger partial charge in [0, 0.05) is 16.4 Å². The van der Waals surface area contributed by atoms with Crippen LogP contribution in [0.3, 0.4) is 0 Å². The average Bonchev–Trinajstić information content (AvgIpc) is 2.56. The molecule has 0 radical (unpaired) electrons. The summed E-state index contributed by atoms with van der Waals surface area (Å²) in [5.41, 5.74) is 8.78. The molecule has 0 unspecified atom stereocenters. The fraction of sp³-hybridized carbons (Fsp3) is 0.118. The van der Waals surface area contributed by atoms with E-state index < -0.39 is 0 Å². The first-order valence-electron chi connectivity index (χ1n) is 7.42. The quantitative estimate of drug-likeness (QED) is 0.655. The van der Waals surface area contributed by atoms with Crippen molar-refractivity contribution in [1.29, 1.82) is 0 Å². The first-order chi connectivity index (χ1) is 11.6. The van der Waals surface area contributed by atoms with Crippen molar-refractivity contribution in [3.05, 3.63) is 64.9 Å². The predicted octanol–water partition coefficient (Wildman–Crippen LogP) is 3.77. The van der Waals surface area contributed by atoms with E-state index in [2.05, 4.69) is 25.6 Å². The smallest absolute Gasteiger partial charge is 0.232 e. The van der Waals surface area contributed by atoms with Gasteiger partial charge in [0.15, 0.2) is 5.82 Å². The third-order valence-corrected chi connectivity index (χ3v) is 3.55. The summed E-state index contributed by atoms with van der Waals surface area (Å²) in [6.07, 6.45) is 0. The summed E-state index contributed by atoms with van der Waals surface area (Å²) in [6, 6.07) is 15.3. The minimum Gasteiger partial charge on any atom is -0.378 e. The Bertz CT molecular complexity index is 817. The number of aromatic nitrogens is 3. The molecule has 122 valence electrons. The SMILES string of the molecule is Cc1ccc(Nc2nc(N)nc(CNc3ccc(Cl)cc3)n2)cc1. The Morgan fingerprint density at radius 1 is 0.917 bits per heavy atom. The molecule has 6 nitrogen and oxygen atoms in total. The molecular formula is C17H17ClN6. The van der Waals surface area contributed by atoms with Crippen molar-refractivity contribution in [3.63, 3.8) is 0 Å². The largest absolute Gasteiger partial charge is 0.378 e. The fourth-order valence-corrected chi connectivity index (χ4v) is 2.21. The van der Waals surface area contributed by atoms with E-state index in [9.17, 15) is 0 Å². The molecule has 3 rings (SSSR count). The molecule has 24 heavy (non-hydrogen) atoms. The standard InChI is InChI=1S/C17H17ClN6/c1-11-2-6-14(7-3-11)21-17-23-15(22-16(19)24-17)10-20-13-8-4-12(18)5-9-13/h2-9,20H,10H2,1H3,(H3,19,21,22,23,24). The molecule has 0 fully saturated rings. The lowest BCUT2D eigenvalue weighted by Gasteiger charge is -2.09. The second-order valence-electron chi connectivity index (χ2n) is 5.28. The van der Waals surface area contributed by atoms with Crippen LogP contribution >= 0.6 is 11.6 Å². The van der Waals surface area contributed by atoms with Gasteiger partial charge in [-0.3, -0.25) is 0 Å². The van der Waals surface area contributed by atoms with E-state index in [1.807, 2.05) is 55.5 Å². The van der Waals surface area contributed by atoms with Crippen molar-refractivity contribution in [2.24, 2.45) is 0 Å². The van der Waals surface area contributed by atoms with Crippen LogP contribution in [0.4, 0.5) is 23.3 Å². The van der Waals surface area contributed by atoms with Crippen LogP contribution in [-0.4, -0.2) is 15.0 Å². The second kappa shape index (κ2) is 7.14. The van der Waals surface area contributed by atoms with Crippen LogP contribution in [0.5, 0.6) is 0 Å². The van der Waals surface area contributed by atoms with E-state index in [1.54, 1.807) is 0 Å². The third kappa shape index (κ3) is 4.33. The lowest BCUT2D eigenvalue weighted by Crippen LogP contribution is -2.10. The van der Waals surface area contributed by atoms with Gasteiger partial charge in [-0.2, -0.15) is 15.0 Å². The van der Waals surface area contributed by atoms with Gasteiger partial charge in [-0.05, 0) is 43.3 Å². The fourth-order valence-electron chi connectivity index (χ4n) is 2.09. The van der Waals surface area contributed by atoms with Crippen LogP contribution in [0.25, 0.3) is 0 Å². The van der Waals surface area contributed by atoms with Gasteiger partial charge in [-0.1, -0.05) is 29.3 Å². The summed E-state index contributed by atoms with van der Waals surface area (Å²) < 4.78 is 0. The van der Waals surface area contributed by atoms with Crippen LogP contribution in [0.15, 0.2) is 48.5 Å². The van der Waals surface area contributed by atoms with Gasteiger partial charge in [0.2, 0.25) is 11.9 Å². The van der Waals surface area contributed by atoms with Crippen LogP contribution in [-0.2, 0) is 6.54 Å². The molecule has 4 N–H and O–H groups in total. The first kappa shape index (κ1) is 16.0. The maximum atomic E-state index is 5.87. The zero-order valence-corrected chi connectivity index (χ0v) is 13.9. The number of halogens is 1. The van der Waals surface area contributed by atoms with Crippen LogP contribution < -0.4 is 16.4 Å². The number of nitrogens with zero attached hydrogens (tertiary/aromatic N) is 3. The highest BCUT2D eigenvalue weighted by atomic mass is 35.5. The van der Waals surface area contributed by atoms with Crippen molar-refractivity contribution in [2.75, 3.05) is 16.4 Å². The Morgan fingerprint density at radius 3 is 2.29 bits per heavy atom. The van der Waals surface area contributed by atoms with Crippen LogP contribution in [0.2, 0.25) is 5.02 Å². The number of hydrogen-bond donors (Lipinski definition) is 3. The molecule has 0 aliphatic carbocycles. The lowest BCUT2D eigenvalue weighted by molar-refractivity contribution is 0.921. The highest BCUT2D eigenvalue weighted by Crippen LogP contribution is 2.16. The normalized spacial score (nSPS) is 10.4. The molecule has 0 atom stereocenters. The number of nitrogens with two attached hydrogens (primary N) is 1. The minimum absolute atomic E-state index is 0.174. The van der Waals surface area contributed by atoms with E-state index >= 15 is 0 Å². The summed E-state index contributed by atoms with van der Waals surface area (Å²) in [5.74, 6) is 1.14. The number of anilines is 4. The van der Waals surface area contributed by atoms with E-state index in [0.29, 0.717) is 23.3 Å². The lowest BCUT2D eigenvalue weighted by atomic mass is 10.2. The molecule has 0 aliphatic heterocycles. The van der Waals surface area contributed by atoms with Crippen molar-refractivity contribution >= 4 is 34.9 Å². The molecule has 2 aromatic carbocycles. The van der Waals surface area contributed by atoms with Gasteiger partial charge >= 0.3 is 0 Å². The van der Waals surface area contributed by atoms with Gasteiger partial charge in [0.1, 0.15) is 0 Å². The van der Waals surface area contributed by atoms with Crippen molar-refractivity contribution in [2.45, 2.75) is 13.5 Å². The summed E-state index contributed by atoms with van der Waals surface area (Å²) >= 11 is 5.87. The zero-order chi connectivity index (χ0) is 16.9. The third-order valence-electron chi connectivity index (χ3n) is 3.30. The molecule has 0 amide bonds. The highest BCUT2D eigenvalue weighted by Gasteiger charge is 2.05. The van der Waals surface area contributed by atoms with Crippen LogP contribution in [0.1, 0.15) is 11.4 Å². The van der Waals surface area contributed by atoms with E-state index in [4.69, 9.17) is 17.3 Å². The van der Waals surface area contributed by atoms with Gasteiger partial charge in [-0.25, -0.2) is 0 Å². The molecule has 7 heteroatoms. The second-order valence-corrected chi connectivity index (χ2v) is 5.72. The molecule has 1 aromatic heterocycles. The number of benzene rings is 2. The van der Waals surface area contributed by atoms with Crippen LogP contribution in [0, 0.1) is 6.92 Å². The van der Waals surface area contributed by atoms with Crippen molar-refractivity contribution in [1.82, 2.24) is 15.0 Å². The average molecular weight is 341 g/mol. The Kier molecular flexibility index (Phi) is 4.77. The molecular weight excluding hydrogens is 324 g/mol. The monoisotopic (exact) mass is 340 g/mol. The summed E-state index contributed by atoms with van der Waals surface area (Å²) in [4.78, 5) is 12.6. The van der Waals surface area contributed by atoms with Gasteiger partial charge in [0.25, 0.3) is 0 Å². The summed E-state index contributed by atoms with van der Waals surface area (Å²) in [5, 5.41) is 7.04. The Balaban J connectivity index is 1.71. The molecule has 1 heterocycles. The van der Waals surface area contributed by atoms with Gasteiger partial charge in [0.05, 0.1) is 6.54 Å². The number of hydrogen-bond acceptors (Lipinski definition) is 6. The van der Waals surface area contributed by atoms with E-state index in [-0.39, 0.29) is 5.95 Å². The molecule has 3 aromatic rings. The Hall–Kier alpha value is -2.86. The maximum absolute atomic E-state index is 5.87. The topological polar surface area (TPSA) is 88.8 Å². The number of nitrogen functional groups attached to an aromatic ring is 1. The molecule has 0 bridgehead atoms. The number of rotatable bonds is 5. The first-order valence-corrected chi connectivity index (χ1v) is 7.80. The molecule has 0 saturated heterocycles. The highest BCUT2D eigenvalue weighted by molar-refractivity contribution is 6.30. The number of aryl methyl sites for hydroxylation is 1.